The zero-order chi connectivity index (χ0) is 19.3. The summed E-state index contributed by atoms with van der Waals surface area (Å²) < 4.78 is 0. The number of pyridine rings is 1. The molecule has 6 heteroatoms. The highest BCUT2D eigenvalue weighted by molar-refractivity contribution is 5.88. The molecule has 0 fully saturated rings. The van der Waals surface area contributed by atoms with Crippen molar-refractivity contribution in [3.63, 3.8) is 0 Å². The van der Waals surface area contributed by atoms with Gasteiger partial charge in [0.15, 0.2) is 5.82 Å². The standard InChI is InChI=1S/C22H23N5O/c1-15(28)25-18-7-5-16(6-8-18)9-14-24-22-19-3-2-4-20(19)26-21(27-22)17-10-12-23-13-11-17/h5-8,10-13H,2-4,9,14H2,1H3,(H,25,28)(H,24,26,27). The van der Waals surface area contributed by atoms with Gasteiger partial charge < -0.3 is 10.6 Å². The monoisotopic (exact) mass is 373 g/mol. The lowest BCUT2D eigenvalue weighted by molar-refractivity contribution is -0.114. The first kappa shape index (κ1) is 18.1. The average molecular weight is 373 g/mol. The Morgan fingerprint density at radius 3 is 2.57 bits per heavy atom. The van der Waals surface area contributed by atoms with Crippen molar-refractivity contribution in [1.29, 1.82) is 0 Å². The lowest BCUT2D eigenvalue weighted by Crippen LogP contribution is -2.11. The molecule has 0 bridgehead atoms. The van der Waals surface area contributed by atoms with Gasteiger partial charge in [0.05, 0.1) is 0 Å². The number of carbonyl (C=O) groups is 1. The van der Waals surface area contributed by atoms with E-state index in [1.165, 1.54) is 18.1 Å². The quantitative estimate of drug-likeness (QED) is 0.690. The molecular weight excluding hydrogens is 350 g/mol. The number of hydrogen-bond donors (Lipinski definition) is 2. The smallest absolute Gasteiger partial charge is 0.221 e. The predicted molar refractivity (Wildman–Crippen MR) is 110 cm³/mol. The number of rotatable bonds is 6. The Balaban J connectivity index is 1.46. The molecule has 1 aliphatic carbocycles. The van der Waals surface area contributed by atoms with Crippen molar-refractivity contribution in [2.45, 2.75) is 32.6 Å². The number of nitrogens with one attached hydrogen (secondary N) is 2. The lowest BCUT2D eigenvalue weighted by atomic mass is 10.1. The van der Waals surface area contributed by atoms with Gasteiger partial charge in [-0.05, 0) is 55.5 Å². The summed E-state index contributed by atoms with van der Waals surface area (Å²) in [7, 11) is 0. The summed E-state index contributed by atoms with van der Waals surface area (Å²) in [5.74, 6) is 1.64. The highest BCUT2D eigenvalue weighted by Gasteiger charge is 2.19. The second-order valence-corrected chi connectivity index (χ2v) is 6.97. The Kier molecular flexibility index (Phi) is 5.28. The molecular formula is C22H23N5O. The number of benzene rings is 1. The normalized spacial score (nSPS) is 12.5. The molecule has 142 valence electrons. The molecule has 6 nitrogen and oxygen atoms in total. The maximum Gasteiger partial charge on any atom is 0.221 e. The number of hydrogen-bond acceptors (Lipinski definition) is 5. The molecule has 1 aromatic carbocycles. The van der Waals surface area contributed by atoms with Crippen LogP contribution < -0.4 is 10.6 Å². The topological polar surface area (TPSA) is 79.8 Å². The van der Waals surface area contributed by atoms with Crippen molar-refractivity contribution < 1.29 is 4.79 Å². The number of fused-ring (bicyclic) bond motifs is 1. The summed E-state index contributed by atoms with van der Waals surface area (Å²) in [5.41, 5.74) is 5.42. The Morgan fingerprint density at radius 2 is 1.82 bits per heavy atom. The Bertz CT molecular complexity index is 970. The summed E-state index contributed by atoms with van der Waals surface area (Å²) in [5, 5.41) is 6.30. The van der Waals surface area contributed by atoms with E-state index in [0.29, 0.717) is 0 Å². The van der Waals surface area contributed by atoms with Crippen LogP contribution in [0.5, 0.6) is 0 Å². The van der Waals surface area contributed by atoms with Gasteiger partial charge in [0, 0.05) is 48.4 Å². The average Bonchev–Trinajstić information content (AvgIpc) is 3.18. The highest BCUT2D eigenvalue weighted by atomic mass is 16.1. The van der Waals surface area contributed by atoms with E-state index in [1.807, 2.05) is 36.4 Å². The van der Waals surface area contributed by atoms with Crippen molar-refractivity contribution in [1.82, 2.24) is 15.0 Å². The zero-order valence-electron chi connectivity index (χ0n) is 15.9. The van der Waals surface area contributed by atoms with E-state index in [9.17, 15) is 4.79 Å². The number of carbonyl (C=O) groups excluding carboxylic acids is 1. The summed E-state index contributed by atoms with van der Waals surface area (Å²) in [6.45, 7) is 2.30. The van der Waals surface area contributed by atoms with Crippen molar-refractivity contribution in [3.8, 4) is 11.4 Å². The molecule has 1 aliphatic rings. The Labute approximate surface area is 164 Å². The first-order valence-electron chi connectivity index (χ1n) is 9.59. The molecule has 0 spiro atoms. The van der Waals surface area contributed by atoms with Crippen LogP contribution in [0.15, 0.2) is 48.8 Å². The number of aromatic nitrogens is 3. The molecule has 0 radical (unpaired) electrons. The maximum absolute atomic E-state index is 11.1. The largest absolute Gasteiger partial charge is 0.369 e. The summed E-state index contributed by atoms with van der Waals surface area (Å²) >= 11 is 0. The summed E-state index contributed by atoms with van der Waals surface area (Å²) in [4.78, 5) is 24.8. The van der Waals surface area contributed by atoms with Crippen LogP contribution in [0.2, 0.25) is 0 Å². The van der Waals surface area contributed by atoms with E-state index in [2.05, 4.69) is 15.6 Å². The fourth-order valence-electron chi connectivity index (χ4n) is 3.49. The zero-order valence-corrected chi connectivity index (χ0v) is 15.9. The van der Waals surface area contributed by atoms with Crippen LogP contribution in [0.1, 0.15) is 30.2 Å². The molecule has 28 heavy (non-hydrogen) atoms. The van der Waals surface area contributed by atoms with Crippen LogP contribution in [0, 0.1) is 0 Å². The van der Waals surface area contributed by atoms with Crippen molar-refractivity contribution in [3.05, 3.63) is 65.6 Å². The van der Waals surface area contributed by atoms with Crippen LogP contribution in [0.4, 0.5) is 11.5 Å². The van der Waals surface area contributed by atoms with Gasteiger partial charge in [-0.15, -0.1) is 0 Å². The minimum absolute atomic E-state index is 0.0583. The van der Waals surface area contributed by atoms with Crippen LogP contribution in [0.25, 0.3) is 11.4 Å². The number of anilines is 2. The molecule has 3 aromatic rings. The van der Waals surface area contributed by atoms with E-state index in [0.717, 1.165) is 60.8 Å². The van der Waals surface area contributed by atoms with E-state index >= 15 is 0 Å². The fourth-order valence-corrected chi connectivity index (χ4v) is 3.49. The molecule has 1 amide bonds. The highest BCUT2D eigenvalue weighted by Crippen LogP contribution is 2.29. The molecule has 2 N–H and O–H groups in total. The van der Waals surface area contributed by atoms with Gasteiger partial charge in [-0.2, -0.15) is 0 Å². The molecule has 0 atom stereocenters. The molecule has 0 saturated heterocycles. The molecule has 2 aromatic heterocycles. The van der Waals surface area contributed by atoms with E-state index in [4.69, 9.17) is 9.97 Å². The molecule has 4 rings (SSSR count). The van der Waals surface area contributed by atoms with E-state index in [-0.39, 0.29) is 5.91 Å². The summed E-state index contributed by atoms with van der Waals surface area (Å²) in [6.07, 6.45) is 7.58. The van der Waals surface area contributed by atoms with Crippen molar-refractivity contribution >= 4 is 17.4 Å². The van der Waals surface area contributed by atoms with Crippen LogP contribution in [-0.4, -0.2) is 27.4 Å². The van der Waals surface area contributed by atoms with Crippen LogP contribution in [-0.2, 0) is 24.1 Å². The van der Waals surface area contributed by atoms with Gasteiger partial charge in [-0.25, -0.2) is 9.97 Å². The van der Waals surface area contributed by atoms with E-state index in [1.54, 1.807) is 12.4 Å². The van der Waals surface area contributed by atoms with Gasteiger partial charge in [0.25, 0.3) is 0 Å². The SMILES string of the molecule is CC(=O)Nc1ccc(CCNc2nc(-c3ccncc3)nc3c2CCC3)cc1. The lowest BCUT2D eigenvalue weighted by Gasteiger charge is -2.12. The van der Waals surface area contributed by atoms with Crippen LogP contribution >= 0.6 is 0 Å². The van der Waals surface area contributed by atoms with Crippen molar-refractivity contribution in [2.75, 3.05) is 17.2 Å². The fraction of sp³-hybridized carbons (Fsp3) is 0.273. The second kappa shape index (κ2) is 8.17. The minimum Gasteiger partial charge on any atom is -0.369 e. The Hall–Kier alpha value is -3.28. The van der Waals surface area contributed by atoms with Gasteiger partial charge in [0.1, 0.15) is 5.82 Å². The van der Waals surface area contributed by atoms with Gasteiger partial charge in [0.2, 0.25) is 5.91 Å². The number of aryl methyl sites for hydroxylation is 1. The number of amides is 1. The summed E-state index contributed by atoms with van der Waals surface area (Å²) in [6, 6.07) is 11.8. The number of nitrogens with zero attached hydrogens (tertiary/aromatic N) is 3. The van der Waals surface area contributed by atoms with Gasteiger partial charge in [-0.3, -0.25) is 9.78 Å². The molecule has 0 aliphatic heterocycles. The third kappa shape index (κ3) is 4.17. The Morgan fingerprint density at radius 1 is 1.04 bits per heavy atom. The molecule has 2 heterocycles. The van der Waals surface area contributed by atoms with Gasteiger partial charge in [-0.1, -0.05) is 12.1 Å². The maximum atomic E-state index is 11.1. The third-order valence-electron chi connectivity index (χ3n) is 4.85. The van der Waals surface area contributed by atoms with Crippen LogP contribution in [0.3, 0.4) is 0 Å². The van der Waals surface area contributed by atoms with E-state index < -0.39 is 0 Å². The molecule has 0 saturated carbocycles. The van der Waals surface area contributed by atoms with Gasteiger partial charge >= 0.3 is 0 Å². The second-order valence-electron chi connectivity index (χ2n) is 6.97. The first-order valence-corrected chi connectivity index (χ1v) is 9.59. The third-order valence-corrected chi connectivity index (χ3v) is 4.85. The molecule has 0 unspecified atom stereocenters. The predicted octanol–water partition coefficient (Wildman–Crippen LogP) is 3.64. The van der Waals surface area contributed by atoms with Crippen molar-refractivity contribution in [2.24, 2.45) is 0 Å². The first-order chi connectivity index (χ1) is 13.7. The minimum atomic E-state index is -0.0583.